The summed E-state index contributed by atoms with van der Waals surface area (Å²) >= 11 is 0. The first-order valence-electron chi connectivity index (χ1n) is 9.46. The number of hydrogen-bond donors (Lipinski definition) is 1. The van der Waals surface area contributed by atoms with Crippen LogP contribution in [0.5, 0.6) is 0 Å². The minimum atomic E-state index is -4.03. The van der Waals surface area contributed by atoms with E-state index in [9.17, 15) is 17.2 Å². The molecule has 2 fully saturated rings. The molecule has 3 aromatic rings. The molecule has 0 aromatic carbocycles. The third-order valence-corrected chi connectivity index (χ3v) is 7.21. The van der Waals surface area contributed by atoms with Gasteiger partial charge in [-0.2, -0.15) is 17.1 Å². The summed E-state index contributed by atoms with van der Waals surface area (Å²) in [6.45, 7) is 0.537. The largest absolute Gasteiger partial charge is 0.345 e. The van der Waals surface area contributed by atoms with Crippen molar-refractivity contribution >= 4 is 33.2 Å². The van der Waals surface area contributed by atoms with Crippen molar-refractivity contribution in [3.05, 3.63) is 30.4 Å². The molecule has 1 aliphatic heterocycles. The van der Waals surface area contributed by atoms with Gasteiger partial charge in [0.25, 0.3) is 5.92 Å². The molecule has 1 aliphatic carbocycles. The lowest BCUT2D eigenvalue weighted by Gasteiger charge is -2.35. The highest BCUT2D eigenvalue weighted by molar-refractivity contribution is 7.87. The van der Waals surface area contributed by atoms with E-state index >= 15 is 0 Å². The van der Waals surface area contributed by atoms with Gasteiger partial charge in [-0.05, 0) is 30.7 Å². The molecule has 3 aromatic heterocycles. The normalized spacial score (nSPS) is 27.9. The highest BCUT2D eigenvalue weighted by Gasteiger charge is 2.49. The lowest BCUT2D eigenvalue weighted by atomic mass is 9.95. The van der Waals surface area contributed by atoms with Crippen LogP contribution in [-0.2, 0) is 10.2 Å². The first kappa shape index (κ1) is 18.6. The van der Waals surface area contributed by atoms with E-state index < -0.39 is 29.2 Å². The van der Waals surface area contributed by atoms with E-state index in [4.69, 9.17) is 0 Å². The summed E-state index contributed by atoms with van der Waals surface area (Å²) in [5.41, 5.74) is 3.54. The molecule has 29 heavy (non-hydrogen) atoms. The molecule has 0 amide bonds. The Labute approximate surface area is 165 Å². The number of imidazole rings is 1. The molecule has 1 unspecified atom stereocenters. The van der Waals surface area contributed by atoms with Gasteiger partial charge >= 0.3 is 10.2 Å². The van der Waals surface area contributed by atoms with Crippen LogP contribution in [-0.4, -0.2) is 57.3 Å². The molecule has 11 heteroatoms. The van der Waals surface area contributed by atoms with Crippen LogP contribution in [0.1, 0.15) is 31.4 Å². The third-order valence-electron chi connectivity index (χ3n) is 5.91. The molecular weight excluding hydrogens is 402 g/mol. The Hall–Kier alpha value is -2.40. The number of rotatable bonds is 4. The van der Waals surface area contributed by atoms with Crippen molar-refractivity contribution in [2.75, 3.05) is 13.1 Å². The van der Waals surface area contributed by atoms with Gasteiger partial charge in [-0.1, -0.05) is 6.92 Å². The predicted octanol–water partition coefficient (Wildman–Crippen LogP) is 2.61. The van der Waals surface area contributed by atoms with Crippen LogP contribution in [0.4, 0.5) is 8.78 Å². The average Bonchev–Trinajstić information content (AvgIpc) is 3.34. The molecule has 3 atom stereocenters. The Morgan fingerprint density at radius 1 is 1.28 bits per heavy atom. The second-order valence-electron chi connectivity index (χ2n) is 8.02. The second-order valence-corrected chi connectivity index (χ2v) is 9.64. The number of nitrogens with one attached hydrogen (secondary N) is 1. The number of H-pyrrole nitrogens is 1. The number of alkyl halides is 2. The standard InChI is InChI=1S/C18H20F2N6O2S/c1-11-4-12(6-24-29(27,28)25-9-18(19,20)10-25)5-13(11)15-7-22-16-8-23-17-14(26(15)16)2-3-21-17/h2-3,6-8,11-13,21H,4-5,9-10H2,1H3/t11-,12?,13+/m1/s1. The molecule has 0 spiro atoms. The molecule has 5 rings (SSSR count). The molecule has 8 nitrogen and oxygen atoms in total. The monoisotopic (exact) mass is 422 g/mol. The van der Waals surface area contributed by atoms with E-state index in [-0.39, 0.29) is 11.8 Å². The first-order chi connectivity index (χ1) is 13.7. The van der Waals surface area contributed by atoms with Crippen LogP contribution in [0.3, 0.4) is 0 Å². The van der Waals surface area contributed by atoms with E-state index in [2.05, 4.69) is 30.7 Å². The topological polar surface area (TPSA) is 95.7 Å². The highest BCUT2D eigenvalue weighted by atomic mass is 32.2. The van der Waals surface area contributed by atoms with Gasteiger partial charge in [-0.25, -0.2) is 18.7 Å². The van der Waals surface area contributed by atoms with Crippen molar-refractivity contribution in [3.63, 3.8) is 0 Å². The van der Waals surface area contributed by atoms with Gasteiger partial charge in [-0.3, -0.25) is 4.40 Å². The predicted molar refractivity (Wildman–Crippen MR) is 103 cm³/mol. The Morgan fingerprint density at radius 2 is 2.07 bits per heavy atom. The quantitative estimate of drug-likeness (QED) is 0.654. The first-order valence-corrected chi connectivity index (χ1v) is 10.9. The highest BCUT2D eigenvalue weighted by Crippen LogP contribution is 2.43. The average molecular weight is 422 g/mol. The van der Waals surface area contributed by atoms with Crippen molar-refractivity contribution in [3.8, 4) is 0 Å². The fourth-order valence-electron chi connectivity index (χ4n) is 4.45. The second kappa shape index (κ2) is 6.30. The summed E-state index contributed by atoms with van der Waals surface area (Å²) in [4.78, 5) is 11.9. The zero-order valence-electron chi connectivity index (χ0n) is 15.7. The van der Waals surface area contributed by atoms with Crippen molar-refractivity contribution in [2.24, 2.45) is 16.2 Å². The molecule has 1 saturated heterocycles. The lowest BCUT2D eigenvalue weighted by Crippen LogP contribution is -2.57. The van der Waals surface area contributed by atoms with E-state index in [1.54, 1.807) is 6.20 Å². The zero-order valence-corrected chi connectivity index (χ0v) is 16.5. The van der Waals surface area contributed by atoms with E-state index in [1.807, 2.05) is 18.5 Å². The molecule has 0 bridgehead atoms. The molecule has 0 radical (unpaired) electrons. The molecular formula is C18H20F2N6O2S. The maximum absolute atomic E-state index is 13.0. The molecule has 154 valence electrons. The third kappa shape index (κ3) is 3.12. The van der Waals surface area contributed by atoms with Crippen molar-refractivity contribution in [2.45, 2.75) is 31.6 Å². The van der Waals surface area contributed by atoms with Gasteiger partial charge in [0.1, 0.15) is 0 Å². The van der Waals surface area contributed by atoms with Crippen LogP contribution in [0.2, 0.25) is 0 Å². The summed E-state index contributed by atoms with van der Waals surface area (Å²) in [5.74, 6) is -2.51. The number of hydrogen-bond acceptors (Lipinski definition) is 4. The van der Waals surface area contributed by atoms with Gasteiger partial charge in [-0.15, -0.1) is 0 Å². The molecule has 1 N–H and O–H groups in total. The molecule has 4 heterocycles. The summed E-state index contributed by atoms with van der Waals surface area (Å²) < 4.78 is 56.6. The minimum Gasteiger partial charge on any atom is -0.345 e. The number of nitrogens with zero attached hydrogens (tertiary/aromatic N) is 5. The van der Waals surface area contributed by atoms with Gasteiger partial charge in [0.05, 0.1) is 24.8 Å². The van der Waals surface area contributed by atoms with Crippen LogP contribution in [0, 0.1) is 11.8 Å². The fraction of sp³-hybridized carbons (Fsp3) is 0.500. The zero-order chi connectivity index (χ0) is 20.4. The van der Waals surface area contributed by atoms with Crippen molar-refractivity contribution < 1.29 is 17.2 Å². The summed E-state index contributed by atoms with van der Waals surface area (Å²) in [7, 11) is -4.03. The van der Waals surface area contributed by atoms with Crippen LogP contribution >= 0.6 is 0 Å². The Kier molecular flexibility index (Phi) is 4.04. The van der Waals surface area contributed by atoms with E-state index in [0.29, 0.717) is 10.2 Å². The number of fused-ring (bicyclic) bond motifs is 3. The van der Waals surface area contributed by atoms with E-state index in [0.717, 1.165) is 35.3 Å². The number of aromatic amines is 1. The Bertz CT molecular complexity index is 1210. The van der Waals surface area contributed by atoms with E-state index in [1.165, 1.54) is 6.21 Å². The van der Waals surface area contributed by atoms with Gasteiger partial charge < -0.3 is 4.98 Å². The summed E-state index contributed by atoms with van der Waals surface area (Å²) in [5, 5.41) is 0. The molecule has 1 saturated carbocycles. The Balaban J connectivity index is 1.38. The van der Waals surface area contributed by atoms with Crippen LogP contribution in [0.25, 0.3) is 16.8 Å². The van der Waals surface area contributed by atoms with Crippen LogP contribution < -0.4 is 0 Å². The van der Waals surface area contributed by atoms with Gasteiger partial charge in [0.2, 0.25) is 0 Å². The summed E-state index contributed by atoms with van der Waals surface area (Å²) in [6, 6.07) is 1.95. The van der Waals surface area contributed by atoms with Crippen molar-refractivity contribution in [1.82, 2.24) is 23.7 Å². The number of halogens is 2. The van der Waals surface area contributed by atoms with Crippen molar-refractivity contribution in [1.29, 1.82) is 0 Å². The maximum atomic E-state index is 13.0. The summed E-state index contributed by atoms with van der Waals surface area (Å²) in [6.07, 6.45) is 8.31. The Morgan fingerprint density at radius 3 is 2.83 bits per heavy atom. The van der Waals surface area contributed by atoms with Gasteiger partial charge in [0.15, 0.2) is 11.3 Å². The molecule has 2 aliphatic rings. The van der Waals surface area contributed by atoms with Crippen LogP contribution in [0.15, 0.2) is 29.1 Å². The fourth-order valence-corrected chi connectivity index (χ4v) is 5.61. The van der Waals surface area contributed by atoms with Gasteiger partial charge in [0, 0.05) is 30.2 Å². The smallest absolute Gasteiger partial charge is 0.322 e. The number of aromatic nitrogens is 4. The minimum absolute atomic E-state index is 0.0411. The SMILES string of the molecule is C[C@@H]1CC(C=NS(=O)(=O)N2CC(F)(F)C2)C[C@@H]1c1cnc2cnc3[nH]ccc3n12. The maximum Gasteiger partial charge on any atom is 0.322 e. The lowest BCUT2D eigenvalue weighted by molar-refractivity contribution is -0.0944.